The summed E-state index contributed by atoms with van der Waals surface area (Å²) in [6, 6.07) is 9.34. The molecule has 0 aromatic heterocycles. The number of methoxy groups -OCH3 is 1. The Bertz CT molecular complexity index is 1020. The Morgan fingerprint density at radius 2 is 1.97 bits per heavy atom. The van der Waals surface area contributed by atoms with Gasteiger partial charge in [0.05, 0.1) is 23.2 Å². The van der Waals surface area contributed by atoms with E-state index in [1.807, 2.05) is 6.92 Å². The minimum absolute atomic E-state index is 0.123. The molecule has 8 heteroatoms. The van der Waals surface area contributed by atoms with Crippen LogP contribution in [-0.4, -0.2) is 48.6 Å². The van der Waals surface area contributed by atoms with Gasteiger partial charge in [-0.25, -0.2) is 4.39 Å². The second-order valence-corrected chi connectivity index (χ2v) is 7.35. The minimum atomic E-state index is -1.07. The van der Waals surface area contributed by atoms with E-state index in [9.17, 15) is 19.1 Å². The highest BCUT2D eigenvalue weighted by molar-refractivity contribution is 6.46. The second kappa shape index (κ2) is 9.94. The van der Waals surface area contributed by atoms with Gasteiger partial charge in [0.15, 0.2) is 0 Å². The number of ether oxygens (including phenoxy) is 2. The number of halogens is 2. The van der Waals surface area contributed by atoms with Crippen molar-refractivity contribution in [1.82, 2.24) is 4.90 Å². The largest absolute Gasteiger partial charge is 0.507 e. The molecule has 31 heavy (non-hydrogen) atoms. The number of amides is 1. The molecule has 1 fully saturated rings. The lowest BCUT2D eigenvalue weighted by molar-refractivity contribution is -0.140. The molecule has 2 aromatic rings. The minimum Gasteiger partial charge on any atom is -0.507 e. The monoisotopic (exact) mass is 447 g/mol. The molecular weight excluding hydrogens is 425 g/mol. The Morgan fingerprint density at radius 3 is 2.61 bits per heavy atom. The van der Waals surface area contributed by atoms with Gasteiger partial charge < -0.3 is 19.5 Å². The van der Waals surface area contributed by atoms with Gasteiger partial charge in [-0.15, -0.1) is 0 Å². The van der Waals surface area contributed by atoms with Gasteiger partial charge >= 0.3 is 0 Å². The van der Waals surface area contributed by atoms with Crippen LogP contribution in [0.25, 0.3) is 5.76 Å². The molecule has 6 nitrogen and oxygen atoms in total. The number of carbonyl (C=O) groups excluding carboxylic acids is 2. The van der Waals surface area contributed by atoms with Crippen LogP contribution in [-0.2, 0) is 14.3 Å². The molecular formula is C23H23ClFNO5. The molecule has 0 radical (unpaired) electrons. The summed E-state index contributed by atoms with van der Waals surface area (Å²) >= 11 is 6.22. The zero-order valence-electron chi connectivity index (χ0n) is 17.2. The molecule has 1 N–H and O–H groups in total. The summed E-state index contributed by atoms with van der Waals surface area (Å²) in [5.41, 5.74) is 0.162. The van der Waals surface area contributed by atoms with Gasteiger partial charge in [-0.05, 0) is 37.6 Å². The summed E-state index contributed by atoms with van der Waals surface area (Å²) in [4.78, 5) is 26.9. The molecule has 0 bridgehead atoms. The van der Waals surface area contributed by atoms with Gasteiger partial charge in [0, 0.05) is 31.4 Å². The van der Waals surface area contributed by atoms with E-state index >= 15 is 0 Å². The van der Waals surface area contributed by atoms with E-state index < -0.39 is 29.3 Å². The summed E-state index contributed by atoms with van der Waals surface area (Å²) in [6.07, 6.45) is 0.448. The summed E-state index contributed by atoms with van der Waals surface area (Å²) in [6.45, 7) is 2.74. The standard InChI is InChI=1S/C23H23ClFNO5/c1-3-31-18-10-9-14(13-16(18)24)21(27)19-20(15-7-4-5-8-17(15)25)26(11-6-12-30-2)23(29)22(19)28/h4-5,7-10,13,20,27H,3,6,11-12H2,1-2H3/b21-19-. The van der Waals surface area contributed by atoms with E-state index in [-0.39, 0.29) is 28.3 Å². The fourth-order valence-electron chi connectivity index (χ4n) is 3.59. The zero-order valence-corrected chi connectivity index (χ0v) is 18.0. The molecule has 1 aliphatic heterocycles. The Labute approximate surface area is 184 Å². The number of hydrogen-bond donors (Lipinski definition) is 1. The number of aliphatic hydroxyl groups excluding tert-OH is 1. The Hall–Kier alpha value is -2.90. The van der Waals surface area contributed by atoms with Crippen LogP contribution in [0.1, 0.15) is 30.5 Å². The van der Waals surface area contributed by atoms with E-state index in [1.54, 1.807) is 12.1 Å². The lowest BCUT2D eigenvalue weighted by atomic mass is 9.95. The average molecular weight is 448 g/mol. The molecule has 164 valence electrons. The molecule has 2 aromatic carbocycles. The van der Waals surface area contributed by atoms with Crippen molar-refractivity contribution in [2.75, 3.05) is 26.9 Å². The van der Waals surface area contributed by atoms with Crippen LogP contribution in [0.2, 0.25) is 5.02 Å². The summed E-state index contributed by atoms with van der Waals surface area (Å²) in [5.74, 6) is -2.27. The molecule has 0 aliphatic carbocycles. The molecule has 0 saturated carbocycles. The van der Waals surface area contributed by atoms with Crippen molar-refractivity contribution in [1.29, 1.82) is 0 Å². The predicted octanol–water partition coefficient (Wildman–Crippen LogP) is 4.34. The van der Waals surface area contributed by atoms with Gasteiger partial charge in [-0.2, -0.15) is 0 Å². The molecule has 1 saturated heterocycles. The van der Waals surface area contributed by atoms with Gasteiger partial charge in [0.25, 0.3) is 11.7 Å². The first-order valence-corrected chi connectivity index (χ1v) is 10.2. The van der Waals surface area contributed by atoms with Crippen LogP contribution in [0.4, 0.5) is 4.39 Å². The third-order valence-electron chi connectivity index (χ3n) is 4.99. The normalized spacial score (nSPS) is 17.9. The molecule has 0 spiro atoms. The number of ketones is 1. The lowest BCUT2D eigenvalue weighted by Gasteiger charge is -2.25. The van der Waals surface area contributed by atoms with Crippen LogP contribution in [0.15, 0.2) is 48.0 Å². The van der Waals surface area contributed by atoms with Gasteiger partial charge in [0.1, 0.15) is 17.3 Å². The first-order chi connectivity index (χ1) is 14.9. The van der Waals surface area contributed by atoms with E-state index in [2.05, 4.69) is 0 Å². The Morgan fingerprint density at radius 1 is 1.23 bits per heavy atom. The van der Waals surface area contributed by atoms with Crippen LogP contribution in [0.5, 0.6) is 5.75 Å². The first kappa shape index (κ1) is 22.8. The SMILES string of the molecule is CCOc1ccc(/C(O)=C2/C(=O)C(=O)N(CCCOC)C2c2ccccc2F)cc1Cl. The van der Waals surface area contributed by atoms with Crippen molar-refractivity contribution in [2.24, 2.45) is 0 Å². The van der Waals surface area contributed by atoms with Crippen molar-refractivity contribution in [3.63, 3.8) is 0 Å². The number of Topliss-reactive ketones (excluding diaryl/α,β-unsaturated/α-hetero) is 1. The molecule has 3 rings (SSSR count). The van der Waals surface area contributed by atoms with Crippen molar-refractivity contribution in [2.45, 2.75) is 19.4 Å². The fourth-order valence-corrected chi connectivity index (χ4v) is 3.82. The summed E-state index contributed by atoms with van der Waals surface area (Å²) < 4.78 is 25.1. The first-order valence-electron chi connectivity index (χ1n) is 9.85. The molecule has 1 amide bonds. The summed E-state index contributed by atoms with van der Waals surface area (Å²) in [5, 5.41) is 11.2. The Balaban J connectivity index is 2.13. The molecule has 1 unspecified atom stereocenters. The average Bonchev–Trinajstić information content (AvgIpc) is 3.00. The maximum Gasteiger partial charge on any atom is 0.295 e. The van der Waals surface area contributed by atoms with Gasteiger partial charge in [-0.3, -0.25) is 9.59 Å². The van der Waals surface area contributed by atoms with E-state index in [0.717, 1.165) is 0 Å². The number of aliphatic hydroxyl groups is 1. The smallest absolute Gasteiger partial charge is 0.295 e. The van der Waals surface area contributed by atoms with Crippen LogP contribution >= 0.6 is 11.6 Å². The quantitative estimate of drug-likeness (QED) is 0.282. The third-order valence-corrected chi connectivity index (χ3v) is 5.29. The maximum absolute atomic E-state index is 14.7. The van der Waals surface area contributed by atoms with Crippen LogP contribution < -0.4 is 4.74 Å². The lowest BCUT2D eigenvalue weighted by Crippen LogP contribution is -2.31. The highest BCUT2D eigenvalue weighted by Gasteiger charge is 2.46. The van der Waals surface area contributed by atoms with E-state index in [4.69, 9.17) is 21.1 Å². The van der Waals surface area contributed by atoms with Crippen LogP contribution in [0, 0.1) is 5.82 Å². The fraction of sp³-hybridized carbons (Fsp3) is 0.304. The van der Waals surface area contributed by atoms with Crippen molar-refractivity contribution < 1.29 is 28.6 Å². The highest BCUT2D eigenvalue weighted by Crippen LogP contribution is 2.41. The van der Waals surface area contributed by atoms with Crippen LogP contribution in [0.3, 0.4) is 0 Å². The molecule has 1 aliphatic rings. The van der Waals surface area contributed by atoms with Crippen molar-refractivity contribution in [3.8, 4) is 5.75 Å². The summed E-state index contributed by atoms with van der Waals surface area (Å²) in [7, 11) is 1.53. The third kappa shape index (κ3) is 4.57. The molecule has 1 heterocycles. The maximum atomic E-state index is 14.7. The van der Waals surface area contributed by atoms with E-state index in [1.165, 1.54) is 42.3 Å². The topological polar surface area (TPSA) is 76.1 Å². The van der Waals surface area contributed by atoms with Crippen molar-refractivity contribution >= 4 is 29.1 Å². The number of nitrogens with zero attached hydrogens (tertiary/aromatic N) is 1. The number of hydrogen-bond acceptors (Lipinski definition) is 5. The number of carbonyl (C=O) groups is 2. The zero-order chi connectivity index (χ0) is 22.5. The number of likely N-dealkylation sites (tertiary alicyclic amines) is 1. The highest BCUT2D eigenvalue weighted by atomic mass is 35.5. The predicted molar refractivity (Wildman–Crippen MR) is 115 cm³/mol. The van der Waals surface area contributed by atoms with Gasteiger partial charge in [0.2, 0.25) is 0 Å². The van der Waals surface area contributed by atoms with Crippen molar-refractivity contribution in [3.05, 3.63) is 70.0 Å². The second-order valence-electron chi connectivity index (χ2n) is 6.94. The number of rotatable bonds is 8. The van der Waals surface area contributed by atoms with E-state index in [0.29, 0.717) is 25.4 Å². The number of benzene rings is 2. The Kier molecular flexibility index (Phi) is 7.30. The molecule has 1 atom stereocenters. The van der Waals surface area contributed by atoms with Gasteiger partial charge in [-0.1, -0.05) is 29.8 Å².